The average Bonchev–Trinajstić information content (AvgIpc) is 3.54. The molecule has 5 aromatic rings. The van der Waals surface area contributed by atoms with E-state index in [-0.39, 0.29) is 24.8 Å². The van der Waals surface area contributed by atoms with E-state index in [1.165, 1.54) is 6.07 Å². The minimum Gasteiger partial charge on any atom is -0.327 e. The molecule has 0 aliphatic carbocycles. The highest BCUT2D eigenvalue weighted by Gasteiger charge is 2.24. The van der Waals surface area contributed by atoms with Crippen molar-refractivity contribution in [1.29, 1.82) is 0 Å². The van der Waals surface area contributed by atoms with Gasteiger partial charge in [0, 0.05) is 37.2 Å². The molecular weight excluding hydrogens is 441 g/mol. The highest BCUT2D eigenvalue weighted by atomic mass is 19.1. The summed E-state index contributed by atoms with van der Waals surface area (Å²) in [6.45, 7) is 3.16. The van der Waals surface area contributed by atoms with Gasteiger partial charge in [-0.3, -0.25) is 4.79 Å². The Morgan fingerprint density at radius 3 is 2.51 bits per heavy atom. The number of pyridine rings is 1. The van der Waals surface area contributed by atoms with Gasteiger partial charge in [0.25, 0.3) is 5.91 Å². The standard InChI is InChI=1S/C28H26FN5O/c1-2-16-34-26(31-24-13-9-15-30-27(24)34)20-33(19-21-10-3-5-12-23(21)29)28(35)22-11-4-6-14-25(22)32-17-7-8-18-32/h3-15,17-18H,2,16,19-20H2,1H3. The van der Waals surface area contributed by atoms with Crippen LogP contribution < -0.4 is 0 Å². The van der Waals surface area contributed by atoms with Gasteiger partial charge in [-0.05, 0) is 48.9 Å². The van der Waals surface area contributed by atoms with Crippen LogP contribution in [0.1, 0.15) is 35.1 Å². The summed E-state index contributed by atoms with van der Waals surface area (Å²) in [6, 6.07) is 21.6. The van der Waals surface area contributed by atoms with Crippen LogP contribution in [-0.2, 0) is 19.6 Å². The molecule has 7 heteroatoms. The van der Waals surface area contributed by atoms with Gasteiger partial charge >= 0.3 is 0 Å². The van der Waals surface area contributed by atoms with Crippen molar-refractivity contribution < 1.29 is 9.18 Å². The van der Waals surface area contributed by atoms with Gasteiger partial charge in [-0.2, -0.15) is 0 Å². The number of carbonyl (C=O) groups is 1. The molecule has 5 rings (SSSR count). The number of hydrogen-bond donors (Lipinski definition) is 0. The Balaban J connectivity index is 1.58. The summed E-state index contributed by atoms with van der Waals surface area (Å²) in [5, 5.41) is 0. The fourth-order valence-corrected chi connectivity index (χ4v) is 4.33. The number of hydrogen-bond acceptors (Lipinski definition) is 3. The molecule has 0 N–H and O–H groups in total. The third kappa shape index (κ3) is 4.57. The number of nitrogens with zero attached hydrogens (tertiary/aromatic N) is 5. The molecule has 0 spiro atoms. The Labute approximate surface area is 203 Å². The number of aromatic nitrogens is 4. The lowest BCUT2D eigenvalue weighted by molar-refractivity contribution is 0.0722. The van der Waals surface area contributed by atoms with Crippen molar-refractivity contribution in [3.05, 3.63) is 114 Å². The summed E-state index contributed by atoms with van der Waals surface area (Å²) in [7, 11) is 0. The molecule has 3 aromatic heterocycles. The number of fused-ring (bicyclic) bond motifs is 1. The van der Waals surface area contributed by atoms with Gasteiger partial charge in [-0.1, -0.05) is 37.3 Å². The number of benzene rings is 2. The first-order chi connectivity index (χ1) is 17.2. The van der Waals surface area contributed by atoms with E-state index in [1.54, 1.807) is 29.3 Å². The van der Waals surface area contributed by atoms with Gasteiger partial charge < -0.3 is 14.0 Å². The molecule has 2 aromatic carbocycles. The van der Waals surface area contributed by atoms with Crippen molar-refractivity contribution in [2.75, 3.05) is 0 Å². The maximum Gasteiger partial charge on any atom is 0.256 e. The number of para-hydroxylation sites is 1. The zero-order valence-corrected chi connectivity index (χ0v) is 19.5. The predicted octanol–water partition coefficient (Wildman–Crippen LogP) is 5.61. The van der Waals surface area contributed by atoms with Crippen LogP contribution in [0.5, 0.6) is 0 Å². The highest BCUT2D eigenvalue weighted by Crippen LogP contribution is 2.22. The van der Waals surface area contributed by atoms with Crippen LogP contribution in [0, 0.1) is 5.82 Å². The smallest absolute Gasteiger partial charge is 0.256 e. The van der Waals surface area contributed by atoms with Crippen LogP contribution in [0.2, 0.25) is 0 Å². The highest BCUT2D eigenvalue weighted by molar-refractivity contribution is 5.97. The van der Waals surface area contributed by atoms with Crippen molar-refractivity contribution in [2.45, 2.75) is 33.0 Å². The second-order valence-corrected chi connectivity index (χ2v) is 8.39. The first-order valence-corrected chi connectivity index (χ1v) is 11.7. The van der Waals surface area contributed by atoms with E-state index in [4.69, 9.17) is 4.98 Å². The number of imidazole rings is 1. The van der Waals surface area contributed by atoms with Crippen molar-refractivity contribution in [2.24, 2.45) is 0 Å². The normalized spacial score (nSPS) is 11.1. The Morgan fingerprint density at radius 2 is 1.71 bits per heavy atom. The zero-order valence-electron chi connectivity index (χ0n) is 19.5. The molecular formula is C28H26FN5O. The van der Waals surface area contributed by atoms with E-state index in [9.17, 15) is 9.18 Å². The van der Waals surface area contributed by atoms with Crippen molar-refractivity contribution in [1.82, 2.24) is 24.0 Å². The molecule has 176 valence electrons. The quantitative estimate of drug-likeness (QED) is 0.298. The molecule has 0 aliphatic rings. The van der Waals surface area contributed by atoms with Crippen LogP contribution in [-0.4, -0.2) is 29.9 Å². The Morgan fingerprint density at radius 1 is 0.943 bits per heavy atom. The molecule has 0 unspecified atom stereocenters. The monoisotopic (exact) mass is 467 g/mol. The maximum absolute atomic E-state index is 14.7. The molecule has 35 heavy (non-hydrogen) atoms. The lowest BCUT2D eigenvalue weighted by Crippen LogP contribution is -2.32. The lowest BCUT2D eigenvalue weighted by Gasteiger charge is -2.24. The number of aryl methyl sites for hydroxylation is 1. The zero-order chi connectivity index (χ0) is 24.2. The molecule has 1 amide bonds. The van der Waals surface area contributed by atoms with E-state index in [1.807, 2.05) is 65.5 Å². The lowest BCUT2D eigenvalue weighted by atomic mass is 10.1. The molecule has 0 radical (unpaired) electrons. The van der Waals surface area contributed by atoms with E-state index >= 15 is 0 Å². The minimum atomic E-state index is -0.340. The van der Waals surface area contributed by atoms with Gasteiger partial charge in [0.1, 0.15) is 17.2 Å². The molecule has 3 heterocycles. The summed E-state index contributed by atoms with van der Waals surface area (Å²) in [6.07, 6.45) is 6.45. The molecule has 0 saturated heterocycles. The second-order valence-electron chi connectivity index (χ2n) is 8.39. The van der Waals surface area contributed by atoms with Gasteiger partial charge in [0.15, 0.2) is 5.65 Å². The number of halogens is 1. The second kappa shape index (κ2) is 9.93. The summed E-state index contributed by atoms with van der Waals surface area (Å²) in [4.78, 5) is 25.0. The topological polar surface area (TPSA) is 56.0 Å². The first kappa shape index (κ1) is 22.5. The summed E-state index contributed by atoms with van der Waals surface area (Å²) >= 11 is 0. The molecule has 0 saturated carbocycles. The SMILES string of the molecule is CCCn1c(CN(Cc2ccccc2F)C(=O)c2ccccc2-n2cccc2)nc2cccnc21. The van der Waals surface area contributed by atoms with Gasteiger partial charge in [0.2, 0.25) is 0 Å². The number of amides is 1. The third-order valence-corrected chi connectivity index (χ3v) is 5.99. The van der Waals surface area contributed by atoms with E-state index in [2.05, 4.69) is 16.5 Å². The molecule has 0 fully saturated rings. The molecule has 0 atom stereocenters. The van der Waals surface area contributed by atoms with Gasteiger partial charge in [-0.15, -0.1) is 0 Å². The molecule has 0 bridgehead atoms. The van der Waals surface area contributed by atoms with Crippen LogP contribution in [0.15, 0.2) is 91.4 Å². The number of carbonyl (C=O) groups excluding carboxylic acids is 1. The largest absolute Gasteiger partial charge is 0.327 e. The summed E-state index contributed by atoms with van der Waals surface area (Å²) < 4.78 is 18.6. The summed E-state index contributed by atoms with van der Waals surface area (Å²) in [5.74, 6) is 0.192. The van der Waals surface area contributed by atoms with Crippen LogP contribution in [0.4, 0.5) is 4.39 Å². The molecule has 6 nitrogen and oxygen atoms in total. The Hall–Kier alpha value is -4.26. The van der Waals surface area contributed by atoms with E-state index in [0.29, 0.717) is 11.1 Å². The minimum absolute atomic E-state index is 0.119. The van der Waals surface area contributed by atoms with E-state index < -0.39 is 0 Å². The van der Waals surface area contributed by atoms with Crippen LogP contribution in [0.25, 0.3) is 16.9 Å². The van der Waals surface area contributed by atoms with Gasteiger partial charge in [0.05, 0.1) is 17.8 Å². The van der Waals surface area contributed by atoms with Crippen molar-refractivity contribution >= 4 is 17.1 Å². The maximum atomic E-state index is 14.7. The van der Waals surface area contributed by atoms with Crippen molar-refractivity contribution in [3.8, 4) is 5.69 Å². The Bertz CT molecular complexity index is 1460. The predicted molar refractivity (Wildman–Crippen MR) is 134 cm³/mol. The summed E-state index contributed by atoms with van der Waals surface area (Å²) in [5.41, 5.74) is 3.33. The fraction of sp³-hybridized carbons (Fsp3) is 0.179. The van der Waals surface area contributed by atoms with Crippen molar-refractivity contribution in [3.63, 3.8) is 0 Å². The van der Waals surface area contributed by atoms with Crippen LogP contribution >= 0.6 is 0 Å². The number of rotatable bonds is 8. The van der Waals surface area contributed by atoms with Crippen LogP contribution in [0.3, 0.4) is 0 Å². The van der Waals surface area contributed by atoms with Gasteiger partial charge in [-0.25, -0.2) is 14.4 Å². The fourth-order valence-electron chi connectivity index (χ4n) is 4.33. The first-order valence-electron chi connectivity index (χ1n) is 11.7. The third-order valence-electron chi connectivity index (χ3n) is 5.99. The van der Waals surface area contributed by atoms with E-state index in [0.717, 1.165) is 35.6 Å². The average molecular weight is 468 g/mol. The Kier molecular flexibility index (Phi) is 6.39. The molecule has 0 aliphatic heterocycles.